The first-order chi connectivity index (χ1) is 12.6. The molecule has 0 saturated heterocycles. The zero-order valence-electron chi connectivity index (χ0n) is 15.3. The minimum absolute atomic E-state index is 0.0966. The highest BCUT2D eigenvalue weighted by Gasteiger charge is 2.18. The quantitative estimate of drug-likeness (QED) is 0.568. The van der Waals surface area contributed by atoms with E-state index >= 15 is 0 Å². The van der Waals surface area contributed by atoms with Gasteiger partial charge in [0.1, 0.15) is 18.1 Å². The van der Waals surface area contributed by atoms with Gasteiger partial charge >= 0.3 is 0 Å². The van der Waals surface area contributed by atoms with E-state index in [2.05, 4.69) is 28.1 Å². The van der Waals surface area contributed by atoms with Crippen molar-refractivity contribution < 1.29 is 14.0 Å². The van der Waals surface area contributed by atoms with Crippen LogP contribution in [-0.4, -0.2) is 28.3 Å². The second kappa shape index (κ2) is 6.46. The van der Waals surface area contributed by atoms with Crippen molar-refractivity contribution in [2.75, 3.05) is 7.11 Å². The first kappa shape index (κ1) is 16.6. The summed E-state index contributed by atoms with van der Waals surface area (Å²) < 4.78 is 16.5. The normalized spacial score (nSPS) is 11.7. The van der Waals surface area contributed by atoms with E-state index < -0.39 is 0 Å². The molecule has 3 aromatic heterocycles. The van der Waals surface area contributed by atoms with E-state index in [-0.39, 0.29) is 6.10 Å². The number of nitrogens with one attached hydrogen (secondary N) is 1. The molecule has 0 amide bonds. The number of aromatic nitrogens is 3. The highest BCUT2D eigenvalue weighted by molar-refractivity contribution is 6.12. The van der Waals surface area contributed by atoms with Crippen LogP contribution in [0, 0.1) is 6.92 Å². The smallest absolute Gasteiger partial charge is 0.163 e. The van der Waals surface area contributed by atoms with E-state index in [1.165, 1.54) is 0 Å². The zero-order chi connectivity index (χ0) is 18.3. The Morgan fingerprint density at radius 2 is 2.04 bits per heavy atom. The van der Waals surface area contributed by atoms with Crippen LogP contribution >= 0.6 is 0 Å². The molecule has 6 nitrogen and oxygen atoms in total. The van der Waals surface area contributed by atoms with Gasteiger partial charge in [0.15, 0.2) is 5.76 Å². The zero-order valence-corrected chi connectivity index (χ0v) is 15.3. The van der Waals surface area contributed by atoms with Crippen LogP contribution in [0.2, 0.25) is 0 Å². The van der Waals surface area contributed by atoms with Gasteiger partial charge in [-0.1, -0.05) is 11.2 Å². The largest absolute Gasteiger partial charge is 0.490 e. The Bertz CT molecular complexity index is 1080. The molecule has 26 heavy (non-hydrogen) atoms. The van der Waals surface area contributed by atoms with Crippen LogP contribution in [0.3, 0.4) is 0 Å². The number of aryl methyl sites for hydroxylation is 1. The first-order valence-electron chi connectivity index (χ1n) is 8.60. The van der Waals surface area contributed by atoms with E-state index in [9.17, 15) is 0 Å². The Hall–Kier alpha value is -2.86. The molecular weight excluding hydrogens is 330 g/mol. The summed E-state index contributed by atoms with van der Waals surface area (Å²) in [6.07, 6.45) is 1.93. The van der Waals surface area contributed by atoms with Crippen LogP contribution in [0.1, 0.15) is 25.2 Å². The second-order valence-corrected chi connectivity index (χ2v) is 6.60. The number of aromatic amines is 1. The number of rotatable bonds is 5. The minimum Gasteiger partial charge on any atom is -0.490 e. The van der Waals surface area contributed by atoms with Gasteiger partial charge in [-0.25, -0.2) is 0 Å². The topological polar surface area (TPSA) is 73.2 Å². The van der Waals surface area contributed by atoms with Crippen molar-refractivity contribution in [1.82, 2.24) is 15.1 Å². The average molecular weight is 351 g/mol. The number of ether oxygens (including phenoxy) is 2. The third kappa shape index (κ3) is 2.72. The molecule has 3 heterocycles. The molecule has 0 bridgehead atoms. The summed E-state index contributed by atoms with van der Waals surface area (Å²) in [5, 5.41) is 6.31. The highest BCUT2D eigenvalue weighted by atomic mass is 16.5. The molecule has 6 heteroatoms. The van der Waals surface area contributed by atoms with Gasteiger partial charge in [-0.15, -0.1) is 0 Å². The monoisotopic (exact) mass is 351 g/mol. The summed E-state index contributed by atoms with van der Waals surface area (Å²) in [6.45, 7) is 6.49. The van der Waals surface area contributed by atoms with Crippen LogP contribution in [0.15, 0.2) is 35.0 Å². The van der Waals surface area contributed by atoms with Gasteiger partial charge in [-0.3, -0.25) is 4.98 Å². The van der Waals surface area contributed by atoms with E-state index in [1.807, 2.05) is 38.2 Å². The Labute approximate surface area is 151 Å². The molecule has 1 N–H and O–H groups in total. The van der Waals surface area contributed by atoms with E-state index in [0.717, 1.165) is 38.8 Å². The van der Waals surface area contributed by atoms with Gasteiger partial charge in [-0.05, 0) is 38.5 Å². The van der Waals surface area contributed by atoms with Crippen molar-refractivity contribution in [2.45, 2.75) is 33.5 Å². The van der Waals surface area contributed by atoms with Gasteiger partial charge in [0.2, 0.25) is 0 Å². The van der Waals surface area contributed by atoms with Crippen LogP contribution in [0.5, 0.6) is 5.75 Å². The van der Waals surface area contributed by atoms with Crippen molar-refractivity contribution in [1.29, 1.82) is 0 Å². The highest BCUT2D eigenvalue weighted by Crippen LogP contribution is 2.37. The molecule has 0 radical (unpaired) electrons. The SMILES string of the molecule is COCc1cc(-c2ncc3[nH]c4cccc(OC(C)C)c4c3c2C)no1. The lowest BCUT2D eigenvalue weighted by Crippen LogP contribution is -2.05. The van der Waals surface area contributed by atoms with Gasteiger partial charge in [0.25, 0.3) is 0 Å². The molecule has 4 aromatic rings. The molecule has 0 fully saturated rings. The Morgan fingerprint density at radius 1 is 1.19 bits per heavy atom. The first-order valence-corrected chi connectivity index (χ1v) is 8.60. The maximum Gasteiger partial charge on any atom is 0.163 e. The van der Waals surface area contributed by atoms with Crippen molar-refractivity contribution >= 4 is 21.8 Å². The fourth-order valence-corrected chi connectivity index (χ4v) is 3.31. The fourth-order valence-electron chi connectivity index (χ4n) is 3.31. The number of H-pyrrole nitrogens is 1. The van der Waals surface area contributed by atoms with Crippen LogP contribution in [0.25, 0.3) is 33.2 Å². The number of benzene rings is 1. The molecule has 134 valence electrons. The Balaban J connectivity index is 1.94. The van der Waals surface area contributed by atoms with Gasteiger partial charge in [0, 0.05) is 23.9 Å². The number of fused-ring (bicyclic) bond motifs is 3. The summed E-state index contributed by atoms with van der Waals surface area (Å²) in [4.78, 5) is 8.03. The van der Waals surface area contributed by atoms with Crippen LogP contribution in [-0.2, 0) is 11.3 Å². The number of methoxy groups -OCH3 is 1. The third-order valence-electron chi connectivity index (χ3n) is 4.32. The molecule has 0 aliphatic carbocycles. The molecule has 0 aliphatic rings. The fraction of sp³-hybridized carbons (Fsp3) is 0.300. The molecule has 4 rings (SSSR count). The molecule has 0 unspecified atom stereocenters. The van der Waals surface area contributed by atoms with Crippen molar-refractivity contribution in [3.63, 3.8) is 0 Å². The van der Waals surface area contributed by atoms with Crippen molar-refractivity contribution in [3.05, 3.63) is 41.8 Å². The van der Waals surface area contributed by atoms with Gasteiger partial charge in [-0.2, -0.15) is 0 Å². The standard InChI is InChI=1S/C20H21N3O3/c1-11(2)25-17-7-5-6-14-19(17)18-12(3)20(21-9-16(18)22-14)15-8-13(10-24-4)26-23-15/h5-9,11,22H,10H2,1-4H3. The van der Waals surface area contributed by atoms with Crippen molar-refractivity contribution in [3.8, 4) is 17.1 Å². The lowest BCUT2D eigenvalue weighted by Gasteiger charge is -2.11. The summed E-state index contributed by atoms with van der Waals surface area (Å²) >= 11 is 0. The van der Waals surface area contributed by atoms with E-state index in [4.69, 9.17) is 14.0 Å². The molecular formula is C20H21N3O3. The van der Waals surface area contributed by atoms with Crippen LogP contribution < -0.4 is 4.74 Å². The molecule has 0 saturated carbocycles. The van der Waals surface area contributed by atoms with E-state index in [0.29, 0.717) is 18.1 Å². The lowest BCUT2D eigenvalue weighted by atomic mass is 10.0. The number of hydrogen-bond acceptors (Lipinski definition) is 5. The predicted molar refractivity (Wildman–Crippen MR) is 100 cm³/mol. The third-order valence-corrected chi connectivity index (χ3v) is 4.32. The minimum atomic E-state index is 0.0966. The van der Waals surface area contributed by atoms with Crippen molar-refractivity contribution in [2.24, 2.45) is 0 Å². The molecule has 0 aliphatic heterocycles. The number of pyridine rings is 1. The molecule has 0 atom stereocenters. The van der Waals surface area contributed by atoms with Crippen LogP contribution in [0.4, 0.5) is 0 Å². The second-order valence-electron chi connectivity index (χ2n) is 6.60. The van der Waals surface area contributed by atoms with E-state index in [1.54, 1.807) is 7.11 Å². The van der Waals surface area contributed by atoms with Gasteiger partial charge in [0.05, 0.1) is 29.0 Å². The number of hydrogen-bond donors (Lipinski definition) is 1. The Morgan fingerprint density at radius 3 is 2.81 bits per heavy atom. The molecule has 1 aromatic carbocycles. The number of nitrogens with zero attached hydrogens (tertiary/aromatic N) is 2. The van der Waals surface area contributed by atoms with Gasteiger partial charge < -0.3 is 19.0 Å². The average Bonchev–Trinajstić information content (AvgIpc) is 3.20. The summed E-state index contributed by atoms with van der Waals surface area (Å²) in [5.41, 5.74) is 4.53. The maximum absolute atomic E-state index is 6.04. The maximum atomic E-state index is 6.04. The molecule has 0 spiro atoms. The summed E-state index contributed by atoms with van der Waals surface area (Å²) in [7, 11) is 1.62. The summed E-state index contributed by atoms with van der Waals surface area (Å²) in [6, 6.07) is 7.91. The summed E-state index contributed by atoms with van der Waals surface area (Å²) in [5.74, 6) is 1.54. The lowest BCUT2D eigenvalue weighted by molar-refractivity contribution is 0.156. The predicted octanol–water partition coefficient (Wildman–Crippen LogP) is 4.61. The Kier molecular flexibility index (Phi) is 4.12.